The van der Waals surface area contributed by atoms with E-state index >= 15 is 0 Å². The Hall–Kier alpha value is -0.350. The van der Waals surface area contributed by atoms with Crippen LogP contribution in [0.4, 0.5) is 0 Å². The lowest BCUT2D eigenvalue weighted by Gasteiger charge is -2.14. The molecule has 0 aliphatic rings. The minimum atomic E-state index is -2.87. The lowest BCUT2D eigenvalue weighted by atomic mass is 9.97. The molecule has 0 amide bonds. The zero-order valence-electron chi connectivity index (χ0n) is 9.61. The van der Waals surface area contributed by atoms with Crippen LogP contribution in [0.1, 0.15) is 23.5 Å². The molecule has 0 fully saturated rings. The van der Waals surface area contributed by atoms with Gasteiger partial charge in [-0.05, 0) is 24.8 Å². The van der Waals surface area contributed by atoms with Gasteiger partial charge in [0.25, 0.3) is 0 Å². The third-order valence-corrected chi connectivity index (χ3v) is 4.30. The summed E-state index contributed by atoms with van der Waals surface area (Å²) in [5.74, 6) is 0.520. The highest BCUT2D eigenvalue weighted by atomic mass is 79.9. The summed E-state index contributed by atoms with van der Waals surface area (Å²) in [5.41, 5.74) is 2.42. The van der Waals surface area contributed by atoms with Crippen molar-refractivity contribution in [1.29, 1.82) is 0 Å². The van der Waals surface area contributed by atoms with Gasteiger partial charge in [-0.1, -0.05) is 45.8 Å². The molecule has 0 aromatic heterocycles. The first-order chi connectivity index (χ1) is 7.42. The molecule has 1 aromatic rings. The average molecular weight is 305 g/mol. The van der Waals surface area contributed by atoms with E-state index in [9.17, 15) is 8.42 Å². The van der Waals surface area contributed by atoms with Crippen molar-refractivity contribution in [3.05, 3.63) is 35.4 Å². The first-order valence-corrected chi connectivity index (χ1v) is 8.41. The molecule has 90 valence electrons. The van der Waals surface area contributed by atoms with Gasteiger partial charge in [0.1, 0.15) is 9.84 Å². The predicted molar refractivity (Wildman–Crippen MR) is 72.0 cm³/mol. The number of alkyl halides is 1. The van der Waals surface area contributed by atoms with Gasteiger partial charge in [0.2, 0.25) is 0 Å². The van der Waals surface area contributed by atoms with Crippen molar-refractivity contribution in [2.45, 2.75) is 19.3 Å². The molecule has 0 saturated heterocycles. The van der Waals surface area contributed by atoms with Crippen molar-refractivity contribution < 1.29 is 8.42 Å². The summed E-state index contributed by atoms with van der Waals surface area (Å²) in [6.45, 7) is 2.05. The Bertz CT molecular complexity index is 440. The predicted octanol–water partition coefficient (Wildman–Crippen LogP) is 2.91. The fourth-order valence-corrected chi connectivity index (χ4v) is 3.02. The van der Waals surface area contributed by atoms with Crippen molar-refractivity contribution in [3.8, 4) is 0 Å². The summed E-state index contributed by atoms with van der Waals surface area (Å²) >= 11 is 3.45. The molecule has 2 nitrogen and oxygen atoms in total. The van der Waals surface area contributed by atoms with Gasteiger partial charge >= 0.3 is 0 Å². The number of sulfone groups is 1. The van der Waals surface area contributed by atoms with Gasteiger partial charge in [0.15, 0.2) is 0 Å². The van der Waals surface area contributed by atoms with Gasteiger partial charge in [-0.2, -0.15) is 0 Å². The molecule has 0 N–H and O–H groups in total. The van der Waals surface area contributed by atoms with Crippen LogP contribution in [0.15, 0.2) is 24.3 Å². The molecule has 0 spiro atoms. The SMILES string of the molecule is Cc1cccc(C(CBr)CCS(C)(=O)=O)c1. The smallest absolute Gasteiger partial charge is 0.147 e. The maximum atomic E-state index is 11.1. The first-order valence-electron chi connectivity index (χ1n) is 5.22. The Labute approximate surface area is 106 Å². The summed E-state index contributed by atoms with van der Waals surface area (Å²) in [4.78, 5) is 0. The lowest BCUT2D eigenvalue weighted by molar-refractivity contribution is 0.595. The van der Waals surface area contributed by atoms with Crippen molar-refractivity contribution in [1.82, 2.24) is 0 Å². The zero-order valence-corrected chi connectivity index (χ0v) is 12.0. The van der Waals surface area contributed by atoms with Crippen LogP contribution in [-0.2, 0) is 9.84 Å². The monoisotopic (exact) mass is 304 g/mol. The number of hydrogen-bond donors (Lipinski definition) is 0. The lowest BCUT2D eigenvalue weighted by Crippen LogP contribution is -2.09. The largest absolute Gasteiger partial charge is 0.229 e. The van der Waals surface area contributed by atoms with Crippen LogP contribution in [-0.4, -0.2) is 25.8 Å². The molecule has 1 rings (SSSR count). The van der Waals surface area contributed by atoms with E-state index in [0.717, 1.165) is 5.33 Å². The Balaban J connectivity index is 2.75. The summed E-state index contributed by atoms with van der Waals surface area (Å²) in [7, 11) is -2.87. The molecule has 0 radical (unpaired) electrons. The van der Waals surface area contributed by atoms with E-state index in [1.165, 1.54) is 17.4 Å². The second kappa shape index (κ2) is 5.82. The molecule has 4 heteroatoms. The number of hydrogen-bond acceptors (Lipinski definition) is 2. The van der Waals surface area contributed by atoms with E-state index < -0.39 is 9.84 Å². The standard InChI is InChI=1S/C12H17BrO2S/c1-10-4-3-5-11(8-10)12(9-13)6-7-16(2,14)15/h3-5,8,12H,6-7,9H2,1-2H3. The van der Waals surface area contributed by atoms with E-state index in [2.05, 4.69) is 28.1 Å². The summed E-state index contributed by atoms with van der Waals surface area (Å²) in [5, 5.41) is 0.798. The summed E-state index contributed by atoms with van der Waals surface area (Å²) in [6.07, 6.45) is 1.96. The highest BCUT2D eigenvalue weighted by Crippen LogP contribution is 2.23. The second-order valence-electron chi connectivity index (χ2n) is 4.18. The van der Waals surface area contributed by atoms with Crippen LogP contribution in [0.25, 0.3) is 0 Å². The van der Waals surface area contributed by atoms with E-state index in [0.29, 0.717) is 6.42 Å². The number of benzene rings is 1. The summed E-state index contributed by atoms with van der Waals surface area (Å²) in [6, 6.07) is 8.24. The zero-order chi connectivity index (χ0) is 12.2. The fourth-order valence-electron chi connectivity index (χ4n) is 1.61. The average Bonchev–Trinajstić information content (AvgIpc) is 2.17. The Morgan fingerprint density at radius 2 is 2.06 bits per heavy atom. The van der Waals surface area contributed by atoms with E-state index in [1.54, 1.807) is 0 Å². The summed E-state index contributed by atoms with van der Waals surface area (Å²) < 4.78 is 22.3. The normalized spacial score (nSPS) is 13.7. The molecule has 16 heavy (non-hydrogen) atoms. The third-order valence-electron chi connectivity index (χ3n) is 2.54. The highest BCUT2D eigenvalue weighted by Gasteiger charge is 2.13. The molecule has 1 atom stereocenters. The molecule has 1 aromatic carbocycles. The molecular weight excluding hydrogens is 288 g/mol. The molecule has 1 unspecified atom stereocenters. The Kier molecular flexibility index (Phi) is 4.99. The van der Waals surface area contributed by atoms with Gasteiger partial charge in [0, 0.05) is 11.6 Å². The minimum absolute atomic E-state index is 0.247. The van der Waals surface area contributed by atoms with Crippen LogP contribution in [0.5, 0.6) is 0 Å². The quantitative estimate of drug-likeness (QED) is 0.784. The number of rotatable bonds is 5. The van der Waals surface area contributed by atoms with E-state index in [-0.39, 0.29) is 11.7 Å². The minimum Gasteiger partial charge on any atom is -0.229 e. The molecule has 0 aliphatic carbocycles. The van der Waals surface area contributed by atoms with E-state index in [1.807, 2.05) is 19.1 Å². The van der Waals surface area contributed by atoms with Gasteiger partial charge in [-0.25, -0.2) is 8.42 Å². The third kappa shape index (κ3) is 4.66. The van der Waals surface area contributed by atoms with Crippen molar-refractivity contribution >= 4 is 25.8 Å². The van der Waals surface area contributed by atoms with Crippen LogP contribution in [0.3, 0.4) is 0 Å². The second-order valence-corrected chi connectivity index (χ2v) is 7.09. The molecule has 0 aliphatic heterocycles. The molecular formula is C12H17BrO2S. The van der Waals surface area contributed by atoms with Crippen molar-refractivity contribution in [2.75, 3.05) is 17.3 Å². The van der Waals surface area contributed by atoms with Crippen molar-refractivity contribution in [2.24, 2.45) is 0 Å². The molecule has 0 heterocycles. The maximum Gasteiger partial charge on any atom is 0.147 e. The van der Waals surface area contributed by atoms with Crippen molar-refractivity contribution in [3.63, 3.8) is 0 Å². The van der Waals surface area contributed by atoms with Crippen LogP contribution < -0.4 is 0 Å². The van der Waals surface area contributed by atoms with Gasteiger partial charge in [-0.3, -0.25) is 0 Å². The maximum absolute atomic E-state index is 11.1. The fraction of sp³-hybridized carbons (Fsp3) is 0.500. The van der Waals surface area contributed by atoms with Crippen LogP contribution >= 0.6 is 15.9 Å². The Morgan fingerprint density at radius 1 is 1.38 bits per heavy atom. The molecule has 0 saturated carbocycles. The van der Waals surface area contributed by atoms with E-state index in [4.69, 9.17) is 0 Å². The molecule has 0 bridgehead atoms. The number of aryl methyl sites for hydroxylation is 1. The van der Waals surface area contributed by atoms with Crippen LogP contribution in [0.2, 0.25) is 0 Å². The Morgan fingerprint density at radius 3 is 2.56 bits per heavy atom. The number of halogens is 1. The topological polar surface area (TPSA) is 34.1 Å². The van der Waals surface area contributed by atoms with Gasteiger partial charge < -0.3 is 0 Å². The first kappa shape index (κ1) is 13.7. The highest BCUT2D eigenvalue weighted by molar-refractivity contribution is 9.09. The van der Waals surface area contributed by atoms with Gasteiger partial charge in [0.05, 0.1) is 5.75 Å². The van der Waals surface area contributed by atoms with Crippen LogP contribution in [0, 0.1) is 6.92 Å². The van der Waals surface area contributed by atoms with Gasteiger partial charge in [-0.15, -0.1) is 0 Å².